The van der Waals surface area contributed by atoms with E-state index in [1.165, 1.54) is 10.5 Å². The van der Waals surface area contributed by atoms with Crippen LogP contribution >= 0.6 is 27.7 Å². The summed E-state index contributed by atoms with van der Waals surface area (Å²) in [5.74, 6) is 3.36. The Bertz CT molecular complexity index is 630. The molecule has 0 saturated heterocycles. The molecule has 0 fully saturated rings. The first-order valence-corrected chi connectivity index (χ1v) is 9.00. The molecule has 2 aromatic carbocycles. The van der Waals surface area contributed by atoms with Gasteiger partial charge < -0.3 is 9.47 Å². The minimum absolute atomic E-state index is 0.469. The van der Waals surface area contributed by atoms with Crippen molar-refractivity contribution in [2.45, 2.75) is 16.1 Å². The molecule has 1 unspecified atom stereocenters. The highest BCUT2D eigenvalue weighted by atomic mass is 79.9. The number of ether oxygens (including phenoxy) is 2. The third-order valence-corrected chi connectivity index (χ3v) is 5.51. The summed E-state index contributed by atoms with van der Waals surface area (Å²) in [5, 5.41) is 0.759. The maximum absolute atomic E-state index is 6.07. The number of hydrogen-bond acceptors (Lipinski definition) is 3. The van der Waals surface area contributed by atoms with Gasteiger partial charge in [-0.3, -0.25) is 0 Å². The number of rotatable bonds is 5. The standard InChI is InChI=1S/C17H17BrO2S/c1-19-14-6-7-16(12(8-14)9-18)20-10-13-11-21-17-5-3-2-4-15(13)17/h2-8,13H,9-11H2,1H3. The van der Waals surface area contributed by atoms with Crippen molar-refractivity contribution in [3.05, 3.63) is 53.6 Å². The molecule has 110 valence electrons. The lowest BCUT2D eigenvalue weighted by atomic mass is 10.0. The van der Waals surface area contributed by atoms with E-state index in [-0.39, 0.29) is 0 Å². The molecule has 1 atom stereocenters. The third kappa shape index (κ3) is 3.22. The molecule has 2 aromatic rings. The van der Waals surface area contributed by atoms with E-state index in [0.717, 1.165) is 34.8 Å². The second-order valence-electron chi connectivity index (χ2n) is 4.96. The van der Waals surface area contributed by atoms with Crippen LogP contribution < -0.4 is 9.47 Å². The Kier molecular flexibility index (Phi) is 4.76. The second-order valence-corrected chi connectivity index (χ2v) is 6.59. The van der Waals surface area contributed by atoms with E-state index in [2.05, 4.69) is 40.2 Å². The van der Waals surface area contributed by atoms with Crippen molar-refractivity contribution in [3.8, 4) is 11.5 Å². The van der Waals surface area contributed by atoms with Gasteiger partial charge >= 0.3 is 0 Å². The molecule has 0 radical (unpaired) electrons. The zero-order valence-corrected chi connectivity index (χ0v) is 14.2. The Labute approximate surface area is 138 Å². The van der Waals surface area contributed by atoms with Crippen molar-refractivity contribution in [2.75, 3.05) is 19.5 Å². The van der Waals surface area contributed by atoms with Gasteiger partial charge in [-0.25, -0.2) is 0 Å². The van der Waals surface area contributed by atoms with Crippen LogP contribution in [-0.2, 0) is 5.33 Å². The van der Waals surface area contributed by atoms with E-state index in [1.54, 1.807) is 7.11 Å². The van der Waals surface area contributed by atoms with Crippen molar-refractivity contribution < 1.29 is 9.47 Å². The van der Waals surface area contributed by atoms with E-state index in [4.69, 9.17) is 9.47 Å². The first-order valence-electron chi connectivity index (χ1n) is 6.89. The molecule has 0 aliphatic carbocycles. The highest BCUT2D eigenvalue weighted by molar-refractivity contribution is 9.08. The first-order chi connectivity index (χ1) is 10.3. The summed E-state index contributed by atoms with van der Waals surface area (Å²) >= 11 is 5.43. The fourth-order valence-corrected chi connectivity index (χ4v) is 4.16. The summed E-state index contributed by atoms with van der Waals surface area (Å²) in [6, 6.07) is 14.6. The fourth-order valence-electron chi connectivity index (χ4n) is 2.49. The van der Waals surface area contributed by atoms with Crippen LogP contribution in [0.1, 0.15) is 17.0 Å². The van der Waals surface area contributed by atoms with E-state index < -0.39 is 0 Å². The normalized spacial score (nSPS) is 16.6. The van der Waals surface area contributed by atoms with Crippen molar-refractivity contribution in [2.24, 2.45) is 0 Å². The van der Waals surface area contributed by atoms with Crippen LogP contribution in [0.4, 0.5) is 0 Å². The van der Waals surface area contributed by atoms with Crippen LogP contribution in [0.2, 0.25) is 0 Å². The summed E-state index contributed by atoms with van der Waals surface area (Å²) in [6.45, 7) is 0.719. The summed E-state index contributed by atoms with van der Waals surface area (Å²) in [5.41, 5.74) is 2.53. The van der Waals surface area contributed by atoms with Crippen LogP contribution in [0.5, 0.6) is 11.5 Å². The number of methoxy groups -OCH3 is 1. The molecule has 0 spiro atoms. The predicted octanol–water partition coefficient (Wildman–Crippen LogP) is 4.86. The summed E-state index contributed by atoms with van der Waals surface area (Å²) in [6.07, 6.45) is 0. The third-order valence-electron chi connectivity index (χ3n) is 3.65. The molecule has 2 nitrogen and oxygen atoms in total. The Morgan fingerprint density at radius 3 is 2.90 bits per heavy atom. The van der Waals surface area contributed by atoms with Crippen LogP contribution in [0.15, 0.2) is 47.4 Å². The van der Waals surface area contributed by atoms with Gasteiger partial charge in [-0.2, -0.15) is 0 Å². The predicted molar refractivity (Wildman–Crippen MR) is 91.0 cm³/mol. The van der Waals surface area contributed by atoms with Crippen LogP contribution in [0.25, 0.3) is 0 Å². The largest absolute Gasteiger partial charge is 0.497 e. The average Bonchev–Trinajstić information content (AvgIpc) is 2.96. The molecular weight excluding hydrogens is 348 g/mol. The molecule has 1 aliphatic heterocycles. The van der Waals surface area contributed by atoms with Crippen molar-refractivity contribution in [1.82, 2.24) is 0 Å². The van der Waals surface area contributed by atoms with Gasteiger partial charge in [-0.1, -0.05) is 34.1 Å². The van der Waals surface area contributed by atoms with Gasteiger partial charge in [0.05, 0.1) is 13.7 Å². The zero-order valence-electron chi connectivity index (χ0n) is 11.8. The topological polar surface area (TPSA) is 18.5 Å². The quantitative estimate of drug-likeness (QED) is 0.705. The van der Waals surface area contributed by atoms with Crippen LogP contribution in [-0.4, -0.2) is 19.5 Å². The molecule has 0 aromatic heterocycles. The number of hydrogen-bond donors (Lipinski definition) is 0. The highest BCUT2D eigenvalue weighted by Gasteiger charge is 2.23. The van der Waals surface area contributed by atoms with Gasteiger partial charge in [-0.05, 0) is 29.8 Å². The molecule has 3 rings (SSSR count). The lowest BCUT2D eigenvalue weighted by Gasteiger charge is -2.15. The number of alkyl halides is 1. The fraction of sp³-hybridized carbons (Fsp3) is 0.294. The lowest BCUT2D eigenvalue weighted by Crippen LogP contribution is -2.10. The van der Waals surface area contributed by atoms with Gasteiger partial charge in [0, 0.05) is 27.5 Å². The lowest BCUT2D eigenvalue weighted by molar-refractivity contribution is 0.295. The number of benzene rings is 2. The smallest absolute Gasteiger partial charge is 0.123 e. The van der Waals surface area contributed by atoms with Gasteiger partial charge in [0.2, 0.25) is 0 Å². The minimum atomic E-state index is 0.469. The van der Waals surface area contributed by atoms with E-state index in [1.807, 2.05) is 30.0 Å². The van der Waals surface area contributed by atoms with Crippen LogP contribution in [0, 0.1) is 0 Å². The molecule has 0 N–H and O–H groups in total. The van der Waals surface area contributed by atoms with E-state index in [9.17, 15) is 0 Å². The van der Waals surface area contributed by atoms with Crippen molar-refractivity contribution in [1.29, 1.82) is 0 Å². The number of thioether (sulfide) groups is 1. The molecule has 21 heavy (non-hydrogen) atoms. The summed E-state index contributed by atoms with van der Waals surface area (Å²) in [7, 11) is 1.68. The first kappa shape index (κ1) is 14.8. The van der Waals surface area contributed by atoms with E-state index in [0.29, 0.717) is 5.92 Å². The Morgan fingerprint density at radius 2 is 2.10 bits per heavy atom. The van der Waals surface area contributed by atoms with Gasteiger partial charge in [0.25, 0.3) is 0 Å². The van der Waals surface area contributed by atoms with E-state index >= 15 is 0 Å². The SMILES string of the molecule is COc1ccc(OCC2CSc3ccccc32)c(CBr)c1. The van der Waals surface area contributed by atoms with Gasteiger partial charge in [-0.15, -0.1) is 11.8 Å². The maximum atomic E-state index is 6.07. The van der Waals surface area contributed by atoms with Crippen LogP contribution in [0.3, 0.4) is 0 Å². The molecule has 1 aliphatic rings. The number of fused-ring (bicyclic) bond motifs is 1. The van der Waals surface area contributed by atoms with Crippen molar-refractivity contribution in [3.63, 3.8) is 0 Å². The summed E-state index contributed by atoms with van der Waals surface area (Å²) < 4.78 is 11.3. The molecule has 4 heteroatoms. The maximum Gasteiger partial charge on any atom is 0.123 e. The molecule has 0 saturated carbocycles. The Balaban J connectivity index is 1.71. The Hall–Kier alpha value is -1.13. The molecule has 0 bridgehead atoms. The van der Waals surface area contributed by atoms with Gasteiger partial charge in [0.1, 0.15) is 11.5 Å². The average molecular weight is 365 g/mol. The Morgan fingerprint density at radius 1 is 1.24 bits per heavy atom. The summed E-state index contributed by atoms with van der Waals surface area (Å²) in [4.78, 5) is 1.39. The second kappa shape index (κ2) is 6.75. The monoisotopic (exact) mass is 364 g/mol. The molecular formula is C17H17BrO2S. The zero-order chi connectivity index (χ0) is 14.7. The molecule has 1 heterocycles. The highest BCUT2D eigenvalue weighted by Crippen LogP contribution is 2.39. The van der Waals surface area contributed by atoms with Gasteiger partial charge in [0.15, 0.2) is 0 Å². The molecule has 0 amide bonds. The minimum Gasteiger partial charge on any atom is -0.497 e. The van der Waals surface area contributed by atoms with Crippen molar-refractivity contribution >= 4 is 27.7 Å². The number of halogens is 1.